The second-order valence-electron chi connectivity index (χ2n) is 8.11. The fraction of sp³-hybridized carbons (Fsp3) is 1.00. The maximum atomic E-state index is 13.7. The molecule has 0 N–H and O–H groups in total. The van der Waals surface area contributed by atoms with Crippen LogP contribution < -0.4 is 0 Å². The summed E-state index contributed by atoms with van der Waals surface area (Å²) in [7, 11) is 0. The Bertz CT molecular complexity index is 950. The zero-order valence-corrected chi connectivity index (χ0v) is 17.8. The minimum Gasteiger partial charge on any atom is -0.373 e. The summed E-state index contributed by atoms with van der Waals surface area (Å²) >= 11 is 0. The van der Waals surface area contributed by atoms with Gasteiger partial charge in [0.05, 0.1) is 12.7 Å². The summed E-state index contributed by atoms with van der Waals surface area (Å²) in [4.78, 5) is 0. The van der Waals surface area contributed by atoms with Crippen molar-refractivity contribution >= 4 is 0 Å². The largest absolute Gasteiger partial charge is 0.438 e. The monoisotopic (exact) mass is 676 g/mol. The molecular weight excluding hydrogens is 671 g/mol. The molecule has 0 saturated carbocycles. The van der Waals surface area contributed by atoms with Crippen LogP contribution in [0.25, 0.3) is 0 Å². The van der Waals surface area contributed by atoms with E-state index in [1.165, 1.54) is 0 Å². The maximum Gasteiger partial charge on any atom is 0.438 e. The molecule has 0 radical (unpaired) electrons. The average molecular weight is 676 g/mol. The Morgan fingerprint density at radius 2 is 0.585 bits per heavy atom. The molecule has 246 valence electrons. The molecule has 1 saturated heterocycles. The van der Waals surface area contributed by atoms with Gasteiger partial charge in [0.1, 0.15) is 0 Å². The van der Waals surface area contributed by atoms with Gasteiger partial charge in [-0.05, 0) is 0 Å². The van der Waals surface area contributed by atoms with E-state index in [0.717, 1.165) is 0 Å². The van der Waals surface area contributed by atoms with E-state index in [9.17, 15) is 110 Å². The SMILES string of the molecule is FC(F)(F)C(F)(C(F)(F)F)C(F)(F)C(F)(F)C(F)(F)C(F)(F)C(F)(F)C(F)(F)C(F)(F)C(F)(F)C(F)(F)CC1CO1. The second kappa shape index (κ2) is 9.11. The Balaban J connectivity index is 3.87. The van der Waals surface area contributed by atoms with Crippen molar-refractivity contribution in [1.82, 2.24) is 0 Å². The Hall–Kier alpha value is -1.79. The van der Waals surface area contributed by atoms with Crippen molar-refractivity contribution in [1.29, 1.82) is 0 Å². The lowest BCUT2D eigenvalue weighted by Crippen LogP contribution is -2.79. The van der Waals surface area contributed by atoms with Gasteiger partial charge in [-0.15, -0.1) is 0 Å². The fourth-order valence-electron chi connectivity index (χ4n) is 2.75. The summed E-state index contributed by atoms with van der Waals surface area (Å²) in [6.07, 6.45) is -22.2. The van der Waals surface area contributed by atoms with Crippen molar-refractivity contribution in [3.8, 4) is 0 Å². The van der Waals surface area contributed by atoms with E-state index in [4.69, 9.17) is 0 Å². The lowest BCUT2D eigenvalue weighted by atomic mass is 9.82. The molecule has 1 fully saturated rings. The fourth-order valence-corrected chi connectivity index (χ4v) is 2.75. The first-order valence-electron chi connectivity index (χ1n) is 9.17. The lowest BCUT2D eigenvalue weighted by Gasteiger charge is -2.46. The third-order valence-corrected chi connectivity index (χ3v) is 5.32. The number of alkyl halides is 25. The first-order valence-corrected chi connectivity index (χ1v) is 9.17. The minimum absolute atomic E-state index is 1.02. The number of halogens is 25. The molecule has 0 aromatic heterocycles. The van der Waals surface area contributed by atoms with Crippen molar-refractivity contribution < 1.29 is 114 Å². The topological polar surface area (TPSA) is 12.5 Å². The van der Waals surface area contributed by atoms with Crippen molar-refractivity contribution in [2.24, 2.45) is 0 Å². The highest BCUT2D eigenvalue weighted by molar-refractivity contribution is 5.21. The predicted molar refractivity (Wildman–Crippen MR) is 74.8 cm³/mol. The summed E-state index contributed by atoms with van der Waals surface area (Å²) < 4.78 is 336. The Kier molecular flexibility index (Phi) is 8.27. The molecule has 1 heterocycles. The smallest absolute Gasteiger partial charge is 0.373 e. The number of hydrogen-bond donors (Lipinski definition) is 0. The molecule has 0 aliphatic carbocycles. The van der Waals surface area contributed by atoms with Crippen LogP contribution >= 0.6 is 0 Å². The number of epoxide rings is 1. The minimum atomic E-state index is -9.64. The lowest BCUT2D eigenvalue weighted by molar-refractivity contribution is -0.484. The van der Waals surface area contributed by atoms with Crippen LogP contribution in [-0.4, -0.2) is 84.0 Å². The molecular formula is C15H5F25O. The van der Waals surface area contributed by atoms with E-state index in [-0.39, 0.29) is 0 Å². The normalized spacial score (nSPS) is 20.0. The van der Waals surface area contributed by atoms with Crippen molar-refractivity contribution in [2.75, 3.05) is 6.61 Å². The molecule has 1 rings (SSSR count). The van der Waals surface area contributed by atoms with E-state index >= 15 is 0 Å². The van der Waals surface area contributed by atoms with Gasteiger partial charge in [-0.3, -0.25) is 0 Å². The van der Waals surface area contributed by atoms with Gasteiger partial charge in [0.15, 0.2) is 0 Å². The van der Waals surface area contributed by atoms with Crippen LogP contribution in [0.2, 0.25) is 0 Å². The molecule has 1 aliphatic heterocycles. The average Bonchev–Trinajstić information content (AvgIpc) is 3.53. The van der Waals surface area contributed by atoms with E-state index in [2.05, 4.69) is 4.74 Å². The van der Waals surface area contributed by atoms with E-state index in [1.54, 1.807) is 0 Å². The summed E-state index contributed by atoms with van der Waals surface area (Å²) in [6, 6.07) is 0. The highest BCUT2D eigenvalue weighted by Crippen LogP contribution is 2.68. The predicted octanol–water partition coefficient (Wildman–Crippen LogP) is 8.33. The maximum absolute atomic E-state index is 13.7. The quantitative estimate of drug-likeness (QED) is 0.159. The van der Waals surface area contributed by atoms with Crippen LogP contribution in [0.5, 0.6) is 0 Å². The molecule has 1 atom stereocenters. The van der Waals surface area contributed by atoms with Crippen LogP contribution in [0.15, 0.2) is 0 Å². The summed E-state index contributed by atoms with van der Waals surface area (Å²) in [5.41, 5.74) is -9.11. The van der Waals surface area contributed by atoms with Crippen LogP contribution in [0.1, 0.15) is 6.42 Å². The van der Waals surface area contributed by atoms with Crippen LogP contribution in [0.3, 0.4) is 0 Å². The highest BCUT2D eigenvalue weighted by atomic mass is 19.4. The van der Waals surface area contributed by atoms with Gasteiger partial charge < -0.3 is 4.74 Å². The standard InChI is InChI=1S/C15H5F25O/c16-4(17,1-3-2-41-3)6(19,20)8(23,24)10(27,28)12(31,32)13(33,34)11(29,30)9(25,26)7(21,22)5(18,14(35,36)37)15(38,39)40/h3H,1-2H2. The summed E-state index contributed by atoms with van der Waals surface area (Å²) in [5, 5.41) is 0. The number of ether oxygens (including phenoxy) is 1. The third kappa shape index (κ3) is 4.53. The van der Waals surface area contributed by atoms with Gasteiger partial charge in [0.2, 0.25) is 0 Å². The zero-order valence-electron chi connectivity index (χ0n) is 17.8. The van der Waals surface area contributed by atoms with Crippen molar-refractivity contribution in [3.63, 3.8) is 0 Å². The van der Waals surface area contributed by atoms with Gasteiger partial charge in [-0.1, -0.05) is 0 Å². The molecule has 1 unspecified atom stereocenters. The molecule has 0 bridgehead atoms. The molecule has 26 heteroatoms. The van der Waals surface area contributed by atoms with Crippen LogP contribution in [-0.2, 0) is 4.74 Å². The van der Waals surface area contributed by atoms with Gasteiger partial charge in [0.25, 0.3) is 0 Å². The second-order valence-corrected chi connectivity index (χ2v) is 8.11. The van der Waals surface area contributed by atoms with Crippen molar-refractivity contribution in [2.45, 2.75) is 83.8 Å². The molecule has 1 aliphatic rings. The molecule has 0 aromatic rings. The summed E-state index contributed by atoms with van der Waals surface area (Å²) in [6.45, 7) is -1.02. The summed E-state index contributed by atoms with van der Waals surface area (Å²) in [5.74, 6) is -80.6. The Morgan fingerprint density at radius 3 is 0.805 bits per heavy atom. The first kappa shape index (κ1) is 37.2. The molecule has 41 heavy (non-hydrogen) atoms. The Morgan fingerprint density at radius 1 is 0.366 bits per heavy atom. The van der Waals surface area contributed by atoms with E-state index < -0.39 is 90.5 Å². The van der Waals surface area contributed by atoms with Crippen molar-refractivity contribution in [3.05, 3.63) is 0 Å². The number of rotatable bonds is 11. The van der Waals surface area contributed by atoms with Gasteiger partial charge in [0, 0.05) is 6.42 Å². The van der Waals surface area contributed by atoms with Crippen LogP contribution in [0, 0.1) is 0 Å². The molecule has 1 nitrogen and oxygen atoms in total. The van der Waals surface area contributed by atoms with Gasteiger partial charge in [-0.2, -0.15) is 105 Å². The van der Waals surface area contributed by atoms with E-state index in [1.807, 2.05) is 0 Å². The molecule has 0 spiro atoms. The molecule has 0 aromatic carbocycles. The Labute approximate surface area is 206 Å². The third-order valence-electron chi connectivity index (χ3n) is 5.32. The number of hydrogen-bond acceptors (Lipinski definition) is 1. The first-order chi connectivity index (χ1) is 17.3. The van der Waals surface area contributed by atoms with Gasteiger partial charge in [-0.25, -0.2) is 4.39 Å². The van der Waals surface area contributed by atoms with Gasteiger partial charge >= 0.3 is 71.3 Å². The van der Waals surface area contributed by atoms with Crippen LogP contribution in [0.4, 0.5) is 110 Å². The van der Waals surface area contributed by atoms with E-state index in [0.29, 0.717) is 0 Å². The molecule has 0 amide bonds. The highest BCUT2D eigenvalue weighted by Gasteiger charge is 3.00. The zero-order chi connectivity index (χ0) is 33.7.